The predicted molar refractivity (Wildman–Crippen MR) is 99.8 cm³/mol. The second kappa shape index (κ2) is 8.81. The molecule has 2 heterocycles. The third-order valence-corrected chi connectivity index (χ3v) is 4.64. The molecular weight excluding hydrogens is 314 g/mol. The van der Waals surface area contributed by atoms with Gasteiger partial charge < -0.3 is 9.57 Å². The summed E-state index contributed by atoms with van der Waals surface area (Å²) < 4.78 is 5.72. The van der Waals surface area contributed by atoms with Crippen LogP contribution in [0.5, 0.6) is 5.88 Å². The highest BCUT2D eigenvalue weighted by molar-refractivity contribution is 5.98. The topological polar surface area (TPSA) is 47.0 Å². The molecule has 0 N–H and O–H groups in total. The Hall–Kier alpha value is -2.14. The highest BCUT2D eigenvalue weighted by Crippen LogP contribution is 2.18. The molecule has 0 amide bonds. The van der Waals surface area contributed by atoms with Crippen molar-refractivity contribution in [2.75, 3.05) is 26.4 Å². The van der Waals surface area contributed by atoms with Gasteiger partial charge in [0, 0.05) is 30.9 Å². The van der Waals surface area contributed by atoms with Crippen LogP contribution >= 0.6 is 0 Å². The van der Waals surface area contributed by atoms with E-state index in [0.717, 1.165) is 37.2 Å². The number of nitrogens with zero attached hydrogens (tertiary/aromatic N) is 3. The maximum atomic E-state index is 5.72. The van der Waals surface area contributed by atoms with Gasteiger partial charge in [-0.2, -0.15) is 0 Å². The lowest BCUT2D eigenvalue weighted by atomic mass is 10.0. The van der Waals surface area contributed by atoms with E-state index in [9.17, 15) is 0 Å². The van der Waals surface area contributed by atoms with E-state index in [1.807, 2.05) is 19.1 Å². The minimum absolute atomic E-state index is 0.547. The van der Waals surface area contributed by atoms with Gasteiger partial charge in [0.1, 0.15) is 13.3 Å². The van der Waals surface area contributed by atoms with Gasteiger partial charge in [-0.3, -0.25) is 4.90 Å². The molecule has 3 rings (SSSR count). The van der Waals surface area contributed by atoms with Gasteiger partial charge >= 0.3 is 0 Å². The van der Waals surface area contributed by atoms with Crippen LogP contribution in [0.4, 0.5) is 0 Å². The molecule has 0 bridgehead atoms. The van der Waals surface area contributed by atoms with Crippen LogP contribution < -0.4 is 4.74 Å². The number of oxime groups is 1. The van der Waals surface area contributed by atoms with E-state index in [1.165, 1.54) is 24.0 Å². The monoisotopic (exact) mass is 341 g/mol. The summed E-state index contributed by atoms with van der Waals surface area (Å²) in [6, 6.07) is 3.86. The molecule has 0 spiro atoms. The van der Waals surface area contributed by atoms with E-state index in [2.05, 4.69) is 34.1 Å². The Labute approximate surface area is 150 Å². The fourth-order valence-corrected chi connectivity index (χ4v) is 2.92. The highest BCUT2D eigenvalue weighted by Gasteiger charge is 2.11. The average Bonchev–Trinajstić information content (AvgIpc) is 3.15. The summed E-state index contributed by atoms with van der Waals surface area (Å²) in [5.74, 6) is 0.652. The Bertz CT molecular complexity index is 656. The van der Waals surface area contributed by atoms with Crippen LogP contribution in [0.1, 0.15) is 45.1 Å². The van der Waals surface area contributed by atoms with Gasteiger partial charge in [0.15, 0.2) is 0 Å². The van der Waals surface area contributed by atoms with Crippen LogP contribution in [0.25, 0.3) is 0 Å². The first kappa shape index (κ1) is 17.7. The van der Waals surface area contributed by atoms with E-state index in [0.29, 0.717) is 19.2 Å². The van der Waals surface area contributed by atoms with Crippen molar-refractivity contribution in [3.8, 4) is 5.88 Å². The Kier molecular flexibility index (Phi) is 6.23. The number of allylic oxidation sites excluding steroid dienone is 3. The standard InChI is InChI=1S/C20H27N3O2/c1-16-5-7-18(8-6-16)14-25-22-17(2)19-9-10-20(21-13-19)24-15-23-11-3-4-12-23/h5,7,9-10,13H,3-4,6,8,11-12,14-15H2,1-2H3. The van der Waals surface area contributed by atoms with Crippen molar-refractivity contribution in [2.24, 2.45) is 5.16 Å². The van der Waals surface area contributed by atoms with E-state index in [-0.39, 0.29) is 0 Å². The van der Waals surface area contributed by atoms with Crippen LogP contribution in [-0.2, 0) is 4.84 Å². The summed E-state index contributed by atoms with van der Waals surface area (Å²) in [4.78, 5) is 12.2. The lowest BCUT2D eigenvalue weighted by Gasteiger charge is -2.15. The molecule has 1 aliphatic carbocycles. The minimum Gasteiger partial charge on any atom is -0.461 e. The van der Waals surface area contributed by atoms with Gasteiger partial charge in [-0.15, -0.1) is 0 Å². The number of aromatic nitrogens is 1. The first-order valence-corrected chi connectivity index (χ1v) is 9.04. The molecule has 25 heavy (non-hydrogen) atoms. The van der Waals surface area contributed by atoms with Gasteiger partial charge in [0.25, 0.3) is 0 Å². The molecule has 1 aromatic heterocycles. The van der Waals surface area contributed by atoms with Gasteiger partial charge in [-0.05, 0) is 51.2 Å². The van der Waals surface area contributed by atoms with Gasteiger partial charge in [-0.1, -0.05) is 22.9 Å². The Morgan fingerprint density at radius 3 is 2.72 bits per heavy atom. The molecule has 1 saturated heterocycles. The summed E-state index contributed by atoms with van der Waals surface area (Å²) >= 11 is 0. The van der Waals surface area contributed by atoms with Crippen LogP contribution in [0, 0.1) is 0 Å². The van der Waals surface area contributed by atoms with Crippen molar-refractivity contribution < 1.29 is 9.57 Å². The SMILES string of the molecule is CC1=CC=C(CON=C(C)c2ccc(OCN3CCCC3)nc2)CC1. The fraction of sp³-hybridized carbons (Fsp3) is 0.500. The molecule has 0 saturated carbocycles. The van der Waals surface area contributed by atoms with Crippen molar-refractivity contribution in [2.45, 2.75) is 39.5 Å². The summed E-state index contributed by atoms with van der Waals surface area (Å²) in [6.07, 6.45) is 10.8. The fourth-order valence-electron chi connectivity index (χ4n) is 2.92. The molecule has 0 radical (unpaired) electrons. The zero-order valence-corrected chi connectivity index (χ0v) is 15.2. The third-order valence-electron chi connectivity index (χ3n) is 4.64. The first-order chi connectivity index (χ1) is 12.2. The maximum absolute atomic E-state index is 5.72. The van der Waals surface area contributed by atoms with Gasteiger partial charge in [0.05, 0.1) is 5.71 Å². The maximum Gasteiger partial charge on any atom is 0.214 e. The van der Waals surface area contributed by atoms with Crippen LogP contribution in [0.3, 0.4) is 0 Å². The van der Waals surface area contributed by atoms with Gasteiger partial charge in [0.2, 0.25) is 5.88 Å². The Morgan fingerprint density at radius 2 is 2.04 bits per heavy atom. The summed E-state index contributed by atoms with van der Waals surface area (Å²) in [6.45, 7) is 7.49. The summed E-state index contributed by atoms with van der Waals surface area (Å²) in [5.41, 5.74) is 4.47. The number of hydrogen-bond acceptors (Lipinski definition) is 5. The highest BCUT2D eigenvalue weighted by atomic mass is 16.6. The predicted octanol–water partition coefficient (Wildman–Crippen LogP) is 3.92. The van der Waals surface area contributed by atoms with E-state index >= 15 is 0 Å². The first-order valence-electron chi connectivity index (χ1n) is 9.04. The zero-order valence-electron chi connectivity index (χ0n) is 15.2. The van der Waals surface area contributed by atoms with Crippen LogP contribution in [-0.4, -0.2) is 42.0 Å². The number of hydrogen-bond donors (Lipinski definition) is 0. The van der Waals surface area contributed by atoms with Gasteiger partial charge in [-0.25, -0.2) is 4.98 Å². The molecule has 0 atom stereocenters. The van der Waals surface area contributed by atoms with Crippen molar-refractivity contribution in [3.63, 3.8) is 0 Å². The van der Waals surface area contributed by atoms with E-state index in [4.69, 9.17) is 9.57 Å². The molecule has 1 aliphatic heterocycles. The van der Waals surface area contributed by atoms with Crippen molar-refractivity contribution in [1.82, 2.24) is 9.88 Å². The van der Waals surface area contributed by atoms with Crippen molar-refractivity contribution >= 4 is 5.71 Å². The van der Waals surface area contributed by atoms with Crippen molar-refractivity contribution in [1.29, 1.82) is 0 Å². The van der Waals surface area contributed by atoms with Crippen LogP contribution in [0.2, 0.25) is 0 Å². The van der Waals surface area contributed by atoms with E-state index < -0.39 is 0 Å². The number of rotatable bonds is 7. The molecule has 1 fully saturated rings. The Balaban J connectivity index is 1.47. The lowest BCUT2D eigenvalue weighted by molar-refractivity contribution is 0.147. The van der Waals surface area contributed by atoms with Crippen LogP contribution in [0.15, 0.2) is 46.8 Å². The summed E-state index contributed by atoms with van der Waals surface area (Å²) in [5, 5.41) is 4.21. The molecular formula is C20H27N3O2. The Morgan fingerprint density at radius 1 is 1.20 bits per heavy atom. The number of ether oxygens (including phenoxy) is 1. The summed E-state index contributed by atoms with van der Waals surface area (Å²) in [7, 11) is 0. The number of pyridine rings is 1. The average molecular weight is 341 g/mol. The largest absolute Gasteiger partial charge is 0.461 e. The van der Waals surface area contributed by atoms with E-state index in [1.54, 1.807) is 6.20 Å². The lowest BCUT2D eigenvalue weighted by Crippen LogP contribution is -2.24. The number of likely N-dealkylation sites (tertiary alicyclic amines) is 1. The molecule has 1 aromatic rings. The molecule has 134 valence electrons. The third kappa shape index (κ3) is 5.43. The quantitative estimate of drug-likeness (QED) is 0.557. The second-order valence-corrected chi connectivity index (χ2v) is 6.77. The smallest absolute Gasteiger partial charge is 0.214 e. The second-order valence-electron chi connectivity index (χ2n) is 6.77. The minimum atomic E-state index is 0.547. The normalized spacial score (nSPS) is 18.7. The molecule has 0 aromatic carbocycles. The molecule has 5 nitrogen and oxygen atoms in total. The molecule has 2 aliphatic rings. The zero-order chi connectivity index (χ0) is 17.5. The molecule has 0 unspecified atom stereocenters. The molecule has 5 heteroatoms. The van der Waals surface area contributed by atoms with Crippen molar-refractivity contribution in [3.05, 3.63) is 47.2 Å².